The summed E-state index contributed by atoms with van der Waals surface area (Å²) in [6, 6.07) is 0.657. The molecule has 118 valence electrons. The third kappa shape index (κ3) is 5.80. The van der Waals surface area contributed by atoms with Crippen LogP contribution in [0.25, 0.3) is 0 Å². The summed E-state index contributed by atoms with van der Waals surface area (Å²) in [7, 11) is 2.14. The number of nitrogens with zero attached hydrogens (tertiary/aromatic N) is 1. The number of rotatable bonds is 7. The summed E-state index contributed by atoms with van der Waals surface area (Å²) in [6.45, 7) is 9.49. The second-order valence-corrected chi connectivity index (χ2v) is 6.49. The summed E-state index contributed by atoms with van der Waals surface area (Å²) >= 11 is 0. The lowest BCUT2D eigenvalue weighted by molar-refractivity contribution is -0.146. The first kappa shape index (κ1) is 17.4. The van der Waals surface area contributed by atoms with Crippen molar-refractivity contribution in [3.8, 4) is 0 Å². The van der Waals surface area contributed by atoms with Crippen LogP contribution < -0.4 is 5.32 Å². The largest absolute Gasteiger partial charge is 0.465 e. The van der Waals surface area contributed by atoms with Crippen LogP contribution in [0.2, 0.25) is 0 Å². The van der Waals surface area contributed by atoms with Gasteiger partial charge in [-0.05, 0) is 32.7 Å². The fraction of sp³-hybridized carbons (Fsp3) is 0.938. The van der Waals surface area contributed by atoms with Crippen molar-refractivity contribution in [2.45, 2.75) is 71.5 Å². The molecule has 1 rings (SSSR count). The van der Waals surface area contributed by atoms with E-state index in [1.165, 1.54) is 25.7 Å². The van der Waals surface area contributed by atoms with E-state index < -0.39 is 0 Å². The fourth-order valence-electron chi connectivity index (χ4n) is 3.08. The smallest absolute Gasteiger partial charge is 0.324 e. The molecule has 1 aliphatic carbocycles. The van der Waals surface area contributed by atoms with E-state index in [9.17, 15) is 4.79 Å². The Morgan fingerprint density at radius 3 is 2.65 bits per heavy atom. The highest BCUT2D eigenvalue weighted by atomic mass is 16.5. The van der Waals surface area contributed by atoms with Crippen LogP contribution in [0, 0.1) is 5.92 Å². The molecule has 1 aliphatic rings. The minimum Gasteiger partial charge on any atom is -0.465 e. The highest BCUT2D eigenvalue weighted by Gasteiger charge is 2.27. The summed E-state index contributed by atoms with van der Waals surface area (Å²) in [5, 5.41) is 3.33. The maximum atomic E-state index is 12.0. The molecule has 20 heavy (non-hydrogen) atoms. The van der Waals surface area contributed by atoms with E-state index in [-0.39, 0.29) is 18.1 Å². The van der Waals surface area contributed by atoms with Crippen LogP contribution >= 0.6 is 0 Å². The van der Waals surface area contributed by atoms with Crippen LogP contribution in [0.4, 0.5) is 0 Å². The van der Waals surface area contributed by atoms with Gasteiger partial charge in [-0.2, -0.15) is 0 Å². The zero-order valence-electron chi connectivity index (χ0n) is 13.8. The van der Waals surface area contributed by atoms with E-state index in [0.29, 0.717) is 12.6 Å². The zero-order chi connectivity index (χ0) is 15.1. The lowest BCUT2D eigenvalue weighted by atomic mass is 9.86. The predicted molar refractivity (Wildman–Crippen MR) is 82.7 cm³/mol. The number of likely N-dealkylation sites (N-methyl/N-ethyl adjacent to an activating group) is 1. The molecule has 3 atom stereocenters. The normalized spacial score (nSPS) is 24.9. The highest BCUT2D eigenvalue weighted by Crippen LogP contribution is 2.26. The number of carbonyl (C=O) groups is 1. The Morgan fingerprint density at radius 1 is 1.40 bits per heavy atom. The summed E-state index contributed by atoms with van der Waals surface area (Å²) in [6.07, 6.45) is 5.14. The van der Waals surface area contributed by atoms with Gasteiger partial charge < -0.3 is 15.0 Å². The molecule has 0 radical (unpaired) electrons. The van der Waals surface area contributed by atoms with E-state index in [1.54, 1.807) is 0 Å². The molecule has 4 heteroatoms. The second kappa shape index (κ2) is 8.63. The number of hydrogen-bond acceptors (Lipinski definition) is 4. The van der Waals surface area contributed by atoms with Gasteiger partial charge in [-0.1, -0.05) is 33.6 Å². The van der Waals surface area contributed by atoms with Gasteiger partial charge in [-0.3, -0.25) is 4.79 Å². The number of esters is 1. The molecular weight excluding hydrogens is 252 g/mol. The van der Waals surface area contributed by atoms with Gasteiger partial charge in [0.05, 0.1) is 6.61 Å². The van der Waals surface area contributed by atoms with Gasteiger partial charge in [-0.15, -0.1) is 0 Å². The predicted octanol–water partition coefficient (Wildman–Crippen LogP) is 2.43. The zero-order valence-corrected chi connectivity index (χ0v) is 13.8. The van der Waals surface area contributed by atoms with Crippen molar-refractivity contribution in [2.24, 2.45) is 5.92 Å². The molecule has 3 unspecified atom stereocenters. The quantitative estimate of drug-likeness (QED) is 0.729. The molecule has 1 saturated carbocycles. The molecule has 4 nitrogen and oxygen atoms in total. The monoisotopic (exact) mass is 284 g/mol. The summed E-state index contributed by atoms with van der Waals surface area (Å²) in [5.41, 5.74) is 0. The van der Waals surface area contributed by atoms with Gasteiger partial charge in [0.1, 0.15) is 6.04 Å². The molecule has 1 fully saturated rings. The first-order valence-corrected chi connectivity index (χ1v) is 8.06. The topological polar surface area (TPSA) is 41.6 Å². The Labute approximate surface area is 124 Å². The number of nitrogens with one attached hydrogen (secondary N) is 1. The minimum absolute atomic E-state index is 0.128. The summed E-state index contributed by atoms with van der Waals surface area (Å²) in [4.78, 5) is 14.4. The van der Waals surface area contributed by atoms with Crippen LogP contribution in [0.1, 0.15) is 53.4 Å². The highest BCUT2D eigenvalue weighted by molar-refractivity contribution is 5.76. The standard InChI is InChI=1S/C16H32N2O2/c1-6-20-16(19)15(17-12(2)3)11-18(5)14-9-7-8-13(4)10-14/h12-15,17H,6-11H2,1-5H3. The molecular formula is C16H32N2O2. The average molecular weight is 284 g/mol. The van der Waals surface area contributed by atoms with Crippen LogP contribution in [-0.4, -0.2) is 49.2 Å². The van der Waals surface area contributed by atoms with Gasteiger partial charge >= 0.3 is 5.97 Å². The van der Waals surface area contributed by atoms with Gasteiger partial charge in [0.25, 0.3) is 0 Å². The third-order valence-electron chi connectivity index (χ3n) is 4.11. The van der Waals surface area contributed by atoms with E-state index in [4.69, 9.17) is 4.74 Å². The number of hydrogen-bond donors (Lipinski definition) is 1. The molecule has 0 aromatic heterocycles. The van der Waals surface area contributed by atoms with E-state index in [0.717, 1.165) is 12.5 Å². The first-order valence-electron chi connectivity index (χ1n) is 8.06. The van der Waals surface area contributed by atoms with Crippen molar-refractivity contribution in [1.29, 1.82) is 0 Å². The number of ether oxygens (including phenoxy) is 1. The maximum Gasteiger partial charge on any atom is 0.324 e. The van der Waals surface area contributed by atoms with Crippen molar-refractivity contribution in [3.63, 3.8) is 0 Å². The molecule has 0 heterocycles. The van der Waals surface area contributed by atoms with Crippen LogP contribution in [0.3, 0.4) is 0 Å². The summed E-state index contributed by atoms with van der Waals surface area (Å²) in [5.74, 6) is 0.673. The van der Waals surface area contributed by atoms with Gasteiger partial charge in [0.15, 0.2) is 0 Å². The minimum atomic E-state index is -0.225. The Kier molecular flexibility index (Phi) is 7.52. The van der Waals surface area contributed by atoms with Crippen molar-refractivity contribution in [1.82, 2.24) is 10.2 Å². The van der Waals surface area contributed by atoms with Crippen LogP contribution in [0.15, 0.2) is 0 Å². The lowest BCUT2D eigenvalue weighted by Gasteiger charge is -2.36. The fourth-order valence-corrected chi connectivity index (χ4v) is 3.08. The van der Waals surface area contributed by atoms with Crippen molar-refractivity contribution in [3.05, 3.63) is 0 Å². The van der Waals surface area contributed by atoms with Gasteiger partial charge in [0, 0.05) is 18.6 Å². The van der Waals surface area contributed by atoms with E-state index >= 15 is 0 Å². The molecule has 0 spiro atoms. The van der Waals surface area contributed by atoms with Gasteiger partial charge in [-0.25, -0.2) is 0 Å². The maximum absolute atomic E-state index is 12.0. The van der Waals surface area contributed by atoms with E-state index in [2.05, 4.69) is 38.0 Å². The molecule has 0 saturated heterocycles. The number of carbonyl (C=O) groups excluding carboxylic acids is 1. The van der Waals surface area contributed by atoms with E-state index in [1.807, 2.05) is 6.92 Å². The molecule has 0 aromatic rings. The Hall–Kier alpha value is -0.610. The first-order chi connectivity index (χ1) is 9.43. The van der Waals surface area contributed by atoms with Crippen molar-refractivity contribution < 1.29 is 9.53 Å². The molecule has 0 aromatic carbocycles. The van der Waals surface area contributed by atoms with Crippen molar-refractivity contribution in [2.75, 3.05) is 20.2 Å². The Bertz CT molecular complexity index is 294. The lowest BCUT2D eigenvalue weighted by Crippen LogP contribution is -2.51. The SMILES string of the molecule is CCOC(=O)C(CN(C)C1CCCC(C)C1)NC(C)C. The van der Waals surface area contributed by atoms with Crippen LogP contribution in [0.5, 0.6) is 0 Å². The van der Waals surface area contributed by atoms with Gasteiger partial charge in [0.2, 0.25) is 0 Å². The van der Waals surface area contributed by atoms with Crippen molar-refractivity contribution >= 4 is 5.97 Å². The molecule has 1 N–H and O–H groups in total. The Morgan fingerprint density at radius 2 is 2.10 bits per heavy atom. The average Bonchev–Trinajstić information content (AvgIpc) is 2.37. The summed E-state index contributed by atoms with van der Waals surface area (Å²) < 4.78 is 5.19. The third-order valence-corrected chi connectivity index (χ3v) is 4.11. The van der Waals surface area contributed by atoms with Crippen LogP contribution in [-0.2, 0) is 9.53 Å². The molecule has 0 bridgehead atoms. The molecule has 0 amide bonds. The molecule has 0 aliphatic heterocycles. The Balaban J connectivity index is 2.56. The second-order valence-electron chi connectivity index (χ2n) is 6.49.